The van der Waals surface area contributed by atoms with Crippen LogP contribution in [0, 0.1) is 11.3 Å². The van der Waals surface area contributed by atoms with Crippen molar-refractivity contribution in [3.05, 3.63) is 24.3 Å². The second-order valence-corrected chi connectivity index (χ2v) is 6.04. The molecule has 17 heavy (non-hydrogen) atoms. The van der Waals surface area contributed by atoms with E-state index < -0.39 is 0 Å². The molecule has 0 N–H and O–H groups in total. The summed E-state index contributed by atoms with van der Waals surface area (Å²) in [7, 11) is 0. The maximum absolute atomic E-state index is 4.80. The number of hydrogen-bond donors (Lipinski definition) is 0. The van der Waals surface area contributed by atoms with Crippen molar-refractivity contribution in [2.45, 2.75) is 59.4 Å². The van der Waals surface area contributed by atoms with Crippen LogP contribution in [0.1, 0.15) is 53.4 Å². The minimum Gasteiger partial charge on any atom is -0.293 e. The van der Waals surface area contributed by atoms with Gasteiger partial charge in [0, 0.05) is 11.6 Å². The van der Waals surface area contributed by atoms with E-state index in [9.17, 15) is 0 Å². The van der Waals surface area contributed by atoms with Crippen LogP contribution in [-0.4, -0.2) is 12.3 Å². The molecule has 0 aromatic heterocycles. The molecule has 0 saturated carbocycles. The van der Waals surface area contributed by atoms with Gasteiger partial charge in [0.15, 0.2) is 0 Å². The van der Waals surface area contributed by atoms with Gasteiger partial charge in [-0.3, -0.25) is 4.99 Å². The van der Waals surface area contributed by atoms with Gasteiger partial charge in [-0.25, -0.2) is 0 Å². The summed E-state index contributed by atoms with van der Waals surface area (Å²) in [4.78, 5) is 4.80. The summed E-state index contributed by atoms with van der Waals surface area (Å²) in [6, 6.07) is 0.439. The Hall–Kier alpha value is -0.850. The van der Waals surface area contributed by atoms with Crippen LogP contribution in [0.5, 0.6) is 0 Å². The summed E-state index contributed by atoms with van der Waals surface area (Å²) < 4.78 is 0. The first-order valence-corrected chi connectivity index (χ1v) is 6.85. The number of aliphatic imine (C=N–C) groups is 1. The second-order valence-electron chi connectivity index (χ2n) is 6.04. The summed E-state index contributed by atoms with van der Waals surface area (Å²) in [5.74, 6) is 0.616. The van der Waals surface area contributed by atoms with Crippen LogP contribution in [0.3, 0.4) is 0 Å². The molecule has 1 aliphatic rings. The predicted octanol–water partition coefficient (Wildman–Crippen LogP) is 4.79. The fourth-order valence-corrected chi connectivity index (χ4v) is 1.91. The quantitative estimate of drug-likeness (QED) is 0.577. The normalized spacial score (nSPS) is 29.4. The third-order valence-corrected chi connectivity index (χ3v) is 3.24. The van der Waals surface area contributed by atoms with Gasteiger partial charge in [0.05, 0.1) is 6.04 Å². The SMILES string of the molecule is CC(C)C1C/C=C/CC/C=C/CC(C)(C)C=N1. The fourth-order valence-electron chi connectivity index (χ4n) is 1.91. The van der Waals surface area contributed by atoms with E-state index in [0.29, 0.717) is 12.0 Å². The molecule has 1 unspecified atom stereocenters. The highest BCUT2D eigenvalue weighted by Gasteiger charge is 2.15. The van der Waals surface area contributed by atoms with Crippen molar-refractivity contribution in [3.63, 3.8) is 0 Å². The molecule has 0 amide bonds. The van der Waals surface area contributed by atoms with Gasteiger partial charge < -0.3 is 0 Å². The third kappa shape index (κ3) is 5.86. The van der Waals surface area contributed by atoms with Gasteiger partial charge in [-0.15, -0.1) is 0 Å². The second kappa shape index (κ2) is 6.78. The van der Waals surface area contributed by atoms with E-state index in [-0.39, 0.29) is 5.41 Å². The molecular formula is C16H27N. The van der Waals surface area contributed by atoms with Crippen molar-refractivity contribution in [3.8, 4) is 0 Å². The number of hydrogen-bond acceptors (Lipinski definition) is 1. The Morgan fingerprint density at radius 1 is 1.06 bits per heavy atom. The van der Waals surface area contributed by atoms with Gasteiger partial charge >= 0.3 is 0 Å². The Balaban J connectivity index is 2.78. The van der Waals surface area contributed by atoms with Crippen LogP contribution in [0.4, 0.5) is 0 Å². The third-order valence-electron chi connectivity index (χ3n) is 3.24. The Labute approximate surface area is 107 Å². The smallest absolute Gasteiger partial charge is 0.0553 e. The minimum absolute atomic E-state index is 0.187. The Morgan fingerprint density at radius 3 is 2.35 bits per heavy atom. The van der Waals surface area contributed by atoms with Gasteiger partial charge in [-0.2, -0.15) is 0 Å². The highest BCUT2D eigenvalue weighted by molar-refractivity contribution is 5.65. The highest BCUT2D eigenvalue weighted by atomic mass is 14.8. The topological polar surface area (TPSA) is 12.4 Å². The standard InChI is InChI=1S/C16H27N/c1-14(2)15-11-9-7-5-6-8-10-12-16(3,4)13-17-15/h7-10,13-15H,5-6,11-12H2,1-4H3/b9-7+,10-8+,17-13?. The molecule has 1 rings (SSSR count). The van der Waals surface area contributed by atoms with E-state index in [1.165, 1.54) is 0 Å². The zero-order valence-electron chi connectivity index (χ0n) is 11.8. The lowest BCUT2D eigenvalue weighted by molar-refractivity contribution is 0.484. The molecule has 1 heterocycles. The van der Waals surface area contributed by atoms with Crippen molar-refractivity contribution >= 4 is 6.21 Å². The molecule has 1 atom stereocenters. The molecule has 1 aliphatic heterocycles. The summed E-state index contributed by atoms with van der Waals surface area (Å²) in [5, 5.41) is 0. The summed E-state index contributed by atoms with van der Waals surface area (Å²) in [6.07, 6.45) is 15.8. The van der Waals surface area contributed by atoms with Crippen LogP contribution < -0.4 is 0 Å². The maximum Gasteiger partial charge on any atom is 0.0553 e. The van der Waals surface area contributed by atoms with E-state index in [1.807, 2.05) is 0 Å². The fraction of sp³-hybridized carbons (Fsp3) is 0.688. The van der Waals surface area contributed by atoms with Crippen LogP contribution in [-0.2, 0) is 0 Å². The first-order chi connectivity index (χ1) is 8.01. The Morgan fingerprint density at radius 2 is 1.71 bits per heavy atom. The number of allylic oxidation sites excluding steroid dienone is 3. The molecule has 1 heteroatoms. The number of nitrogens with zero attached hydrogens (tertiary/aromatic N) is 1. The number of rotatable bonds is 1. The van der Waals surface area contributed by atoms with E-state index in [0.717, 1.165) is 25.7 Å². The zero-order valence-corrected chi connectivity index (χ0v) is 11.8. The molecule has 0 fully saturated rings. The first kappa shape index (κ1) is 14.2. The average molecular weight is 233 g/mol. The molecule has 96 valence electrons. The van der Waals surface area contributed by atoms with Gasteiger partial charge in [0.2, 0.25) is 0 Å². The molecule has 0 aromatic carbocycles. The minimum atomic E-state index is 0.187. The highest BCUT2D eigenvalue weighted by Crippen LogP contribution is 2.21. The molecule has 0 saturated heterocycles. The first-order valence-electron chi connectivity index (χ1n) is 6.85. The lowest BCUT2D eigenvalue weighted by Gasteiger charge is -2.21. The van der Waals surface area contributed by atoms with Gasteiger partial charge in [0.1, 0.15) is 0 Å². The summed E-state index contributed by atoms with van der Waals surface area (Å²) in [6.45, 7) is 9.04. The lowest BCUT2D eigenvalue weighted by atomic mass is 9.90. The van der Waals surface area contributed by atoms with Crippen LogP contribution >= 0.6 is 0 Å². The molecule has 0 radical (unpaired) electrons. The Kier molecular flexibility index (Phi) is 5.67. The zero-order chi connectivity index (χ0) is 12.7. The van der Waals surface area contributed by atoms with Crippen LogP contribution in [0.2, 0.25) is 0 Å². The maximum atomic E-state index is 4.80. The molecule has 0 bridgehead atoms. The van der Waals surface area contributed by atoms with E-state index in [4.69, 9.17) is 4.99 Å². The predicted molar refractivity (Wildman–Crippen MR) is 77.6 cm³/mol. The summed E-state index contributed by atoms with van der Waals surface area (Å²) in [5.41, 5.74) is 0.187. The van der Waals surface area contributed by atoms with Gasteiger partial charge in [-0.1, -0.05) is 52.0 Å². The monoisotopic (exact) mass is 233 g/mol. The van der Waals surface area contributed by atoms with E-state index >= 15 is 0 Å². The van der Waals surface area contributed by atoms with Crippen molar-refractivity contribution in [2.24, 2.45) is 16.3 Å². The van der Waals surface area contributed by atoms with Crippen molar-refractivity contribution in [1.82, 2.24) is 0 Å². The van der Waals surface area contributed by atoms with E-state index in [2.05, 4.69) is 58.2 Å². The lowest BCUT2D eigenvalue weighted by Crippen LogP contribution is -2.17. The van der Waals surface area contributed by atoms with Crippen LogP contribution in [0.15, 0.2) is 29.3 Å². The summed E-state index contributed by atoms with van der Waals surface area (Å²) >= 11 is 0. The van der Waals surface area contributed by atoms with Crippen molar-refractivity contribution < 1.29 is 0 Å². The largest absolute Gasteiger partial charge is 0.293 e. The molecule has 0 spiro atoms. The average Bonchev–Trinajstić information content (AvgIpc) is 2.23. The Bertz CT molecular complexity index is 295. The van der Waals surface area contributed by atoms with Crippen LogP contribution in [0.25, 0.3) is 0 Å². The van der Waals surface area contributed by atoms with E-state index in [1.54, 1.807) is 0 Å². The van der Waals surface area contributed by atoms with Gasteiger partial charge in [-0.05, 0) is 31.6 Å². The molecule has 0 aliphatic carbocycles. The molecule has 0 aromatic rings. The molecule has 1 nitrogen and oxygen atoms in total. The van der Waals surface area contributed by atoms with Crippen molar-refractivity contribution in [2.75, 3.05) is 0 Å². The van der Waals surface area contributed by atoms with Crippen molar-refractivity contribution in [1.29, 1.82) is 0 Å². The molecular weight excluding hydrogens is 206 g/mol. The van der Waals surface area contributed by atoms with Gasteiger partial charge in [0.25, 0.3) is 0 Å².